The van der Waals surface area contributed by atoms with E-state index in [2.05, 4.69) is 0 Å². The second-order valence-corrected chi connectivity index (χ2v) is 3.36. The molecule has 1 aromatic rings. The second kappa shape index (κ2) is 7.41. The number of carbonyl (C=O) groups is 2. The van der Waals surface area contributed by atoms with Crippen LogP contribution in [0, 0.1) is 0 Å². The van der Waals surface area contributed by atoms with Crippen molar-refractivity contribution >= 4 is 11.9 Å². The average molecular weight is 254 g/mol. The Balaban J connectivity index is 2.46. The lowest BCUT2D eigenvalue weighted by atomic mass is 10.1. The molecule has 1 aromatic carbocycles. The molecule has 0 amide bonds. The number of ether oxygens (including phenoxy) is 2. The Labute approximate surface area is 104 Å². The highest BCUT2D eigenvalue weighted by atomic mass is 16.6. The Hall–Kier alpha value is -1.92. The SMILES string of the molecule is O=C(O)c1cccc(C(=O)OCCOCCO)c1. The van der Waals surface area contributed by atoms with E-state index in [1.165, 1.54) is 24.3 Å². The van der Waals surface area contributed by atoms with Gasteiger partial charge in [-0.25, -0.2) is 9.59 Å². The van der Waals surface area contributed by atoms with E-state index < -0.39 is 11.9 Å². The molecule has 2 N–H and O–H groups in total. The molecule has 0 saturated carbocycles. The Morgan fingerprint density at radius 3 is 2.50 bits per heavy atom. The zero-order valence-corrected chi connectivity index (χ0v) is 9.67. The van der Waals surface area contributed by atoms with Crippen LogP contribution in [0.2, 0.25) is 0 Å². The summed E-state index contributed by atoms with van der Waals surface area (Å²) in [5.41, 5.74) is 0.207. The minimum atomic E-state index is -1.10. The van der Waals surface area contributed by atoms with Crippen LogP contribution in [0.3, 0.4) is 0 Å². The number of carbonyl (C=O) groups excluding carboxylic acids is 1. The summed E-state index contributed by atoms with van der Waals surface area (Å²) in [6.45, 7) is 0.335. The quantitative estimate of drug-likeness (QED) is 0.545. The van der Waals surface area contributed by atoms with Crippen LogP contribution >= 0.6 is 0 Å². The van der Waals surface area contributed by atoms with Crippen LogP contribution in [-0.4, -0.2) is 48.6 Å². The standard InChI is InChI=1S/C12H14O6/c13-4-5-17-6-7-18-12(16)10-3-1-2-9(8-10)11(14)15/h1-3,8,13H,4-7H2,(H,14,15). The summed E-state index contributed by atoms with van der Waals surface area (Å²) in [6, 6.07) is 5.59. The van der Waals surface area contributed by atoms with Gasteiger partial charge in [0.05, 0.1) is 30.9 Å². The molecule has 0 heterocycles. The van der Waals surface area contributed by atoms with Gasteiger partial charge < -0.3 is 19.7 Å². The van der Waals surface area contributed by atoms with Gasteiger partial charge in [0, 0.05) is 0 Å². The molecule has 0 unspecified atom stereocenters. The third kappa shape index (κ3) is 4.52. The topological polar surface area (TPSA) is 93.1 Å². The van der Waals surface area contributed by atoms with E-state index in [0.29, 0.717) is 0 Å². The van der Waals surface area contributed by atoms with Gasteiger partial charge in [0.2, 0.25) is 0 Å². The molecule has 98 valence electrons. The van der Waals surface area contributed by atoms with Crippen molar-refractivity contribution in [1.82, 2.24) is 0 Å². The fourth-order valence-corrected chi connectivity index (χ4v) is 1.22. The number of aromatic carboxylic acids is 1. The monoisotopic (exact) mass is 254 g/mol. The molecule has 1 rings (SSSR count). The summed E-state index contributed by atoms with van der Waals surface area (Å²) >= 11 is 0. The first-order valence-electron chi connectivity index (χ1n) is 5.34. The number of benzene rings is 1. The number of aliphatic hydroxyl groups excluding tert-OH is 1. The van der Waals surface area contributed by atoms with E-state index >= 15 is 0 Å². The van der Waals surface area contributed by atoms with E-state index in [1.54, 1.807) is 0 Å². The highest BCUT2D eigenvalue weighted by molar-refractivity contribution is 5.94. The molecule has 0 aliphatic carbocycles. The van der Waals surface area contributed by atoms with Gasteiger partial charge in [0.25, 0.3) is 0 Å². The number of hydrogen-bond donors (Lipinski definition) is 2. The lowest BCUT2D eigenvalue weighted by molar-refractivity contribution is 0.0258. The lowest BCUT2D eigenvalue weighted by Crippen LogP contribution is -2.12. The summed E-state index contributed by atoms with van der Waals surface area (Å²) < 4.78 is 9.78. The average Bonchev–Trinajstić information content (AvgIpc) is 2.38. The van der Waals surface area contributed by atoms with Gasteiger partial charge in [0.15, 0.2) is 0 Å². The molecule has 6 heteroatoms. The van der Waals surface area contributed by atoms with Crippen molar-refractivity contribution in [2.45, 2.75) is 0 Å². The first-order valence-corrected chi connectivity index (χ1v) is 5.34. The molecule has 0 saturated heterocycles. The molecule has 0 spiro atoms. The maximum atomic E-state index is 11.5. The molecular formula is C12H14O6. The molecule has 0 fully saturated rings. The predicted octanol–water partition coefficient (Wildman–Crippen LogP) is 0.550. The Bertz CT molecular complexity index is 415. The third-order valence-electron chi connectivity index (χ3n) is 2.04. The molecule has 0 radical (unpaired) electrons. The minimum absolute atomic E-state index is 0.0287. The van der Waals surface area contributed by atoms with Crippen molar-refractivity contribution in [2.24, 2.45) is 0 Å². The van der Waals surface area contributed by atoms with Crippen LogP contribution in [0.5, 0.6) is 0 Å². The molecule has 0 atom stereocenters. The second-order valence-electron chi connectivity index (χ2n) is 3.36. The smallest absolute Gasteiger partial charge is 0.338 e. The van der Waals surface area contributed by atoms with Gasteiger partial charge in [-0.3, -0.25) is 0 Å². The number of carboxylic acid groups (broad SMARTS) is 1. The van der Waals surface area contributed by atoms with Gasteiger partial charge in [0.1, 0.15) is 6.61 Å². The summed E-state index contributed by atoms with van der Waals surface area (Å²) in [5, 5.41) is 17.2. The third-order valence-corrected chi connectivity index (χ3v) is 2.04. The van der Waals surface area contributed by atoms with E-state index in [9.17, 15) is 9.59 Å². The minimum Gasteiger partial charge on any atom is -0.478 e. The van der Waals surface area contributed by atoms with Gasteiger partial charge in [-0.05, 0) is 18.2 Å². The Morgan fingerprint density at radius 2 is 1.83 bits per heavy atom. The van der Waals surface area contributed by atoms with Crippen LogP contribution in [0.4, 0.5) is 0 Å². The highest BCUT2D eigenvalue weighted by Crippen LogP contribution is 2.06. The summed E-state index contributed by atoms with van der Waals surface area (Å²) in [7, 11) is 0. The van der Waals surface area contributed by atoms with Crippen molar-refractivity contribution in [3.63, 3.8) is 0 Å². The van der Waals surface area contributed by atoms with E-state index in [-0.39, 0.29) is 37.6 Å². The fourth-order valence-electron chi connectivity index (χ4n) is 1.22. The van der Waals surface area contributed by atoms with Gasteiger partial charge in [-0.2, -0.15) is 0 Å². The van der Waals surface area contributed by atoms with Crippen molar-refractivity contribution in [1.29, 1.82) is 0 Å². The molecule has 0 bridgehead atoms. The van der Waals surface area contributed by atoms with E-state index in [4.69, 9.17) is 19.7 Å². The van der Waals surface area contributed by atoms with Gasteiger partial charge >= 0.3 is 11.9 Å². The highest BCUT2D eigenvalue weighted by Gasteiger charge is 2.10. The Kier molecular flexibility index (Phi) is 5.83. The molecule has 6 nitrogen and oxygen atoms in total. The summed E-state index contributed by atoms with van der Waals surface area (Å²) in [4.78, 5) is 22.2. The van der Waals surface area contributed by atoms with Crippen molar-refractivity contribution < 1.29 is 29.3 Å². The summed E-state index contributed by atoms with van der Waals surface area (Å²) in [6.07, 6.45) is 0. The van der Waals surface area contributed by atoms with Crippen LogP contribution in [0.1, 0.15) is 20.7 Å². The molecule has 0 aromatic heterocycles. The van der Waals surface area contributed by atoms with E-state index in [1.807, 2.05) is 0 Å². The normalized spacial score (nSPS) is 10.1. The first kappa shape index (κ1) is 14.1. The Morgan fingerprint density at radius 1 is 1.11 bits per heavy atom. The zero-order valence-electron chi connectivity index (χ0n) is 9.67. The number of hydrogen-bond acceptors (Lipinski definition) is 5. The van der Waals surface area contributed by atoms with Crippen LogP contribution in [-0.2, 0) is 9.47 Å². The largest absolute Gasteiger partial charge is 0.478 e. The predicted molar refractivity (Wildman–Crippen MR) is 61.6 cm³/mol. The lowest BCUT2D eigenvalue weighted by Gasteiger charge is -2.05. The number of esters is 1. The van der Waals surface area contributed by atoms with Crippen LogP contribution < -0.4 is 0 Å². The van der Waals surface area contributed by atoms with Crippen molar-refractivity contribution in [3.8, 4) is 0 Å². The first-order chi connectivity index (χ1) is 8.65. The molecule has 0 aliphatic heterocycles. The van der Waals surface area contributed by atoms with Crippen LogP contribution in [0.25, 0.3) is 0 Å². The molecular weight excluding hydrogens is 240 g/mol. The van der Waals surface area contributed by atoms with Crippen molar-refractivity contribution in [2.75, 3.05) is 26.4 Å². The van der Waals surface area contributed by atoms with Gasteiger partial charge in [-0.1, -0.05) is 6.07 Å². The molecule has 0 aliphatic rings. The van der Waals surface area contributed by atoms with Crippen LogP contribution in [0.15, 0.2) is 24.3 Å². The maximum absolute atomic E-state index is 11.5. The van der Waals surface area contributed by atoms with E-state index in [0.717, 1.165) is 0 Å². The summed E-state index contributed by atoms with van der Waals surface area (Å²) in [5.74, 6) is -1.71. The van der Waals surface area contributed by atoms with Crippen molar-refractivity contribution in [3.05, 3.63) is 35.4 Å². The number of carboxylic acids is 1. The number of rotatable bonds is 7. The van der Waals surface area contributed by atoms with Gasteiger partial charge in [-0.15, -0.1) is 0 Å². The fraction of sp³-hybridized carbons (Fsp3) is 0.333. The molecule has 18 heavy (non-hydrogen) atoms. The maximum Gasteiger partial charge on any atom is 0.338 e. The number of aliphatic hydroxyl groups is 1. The zero-order chi connectivity index (χ0) is 13.4.